The molecule has 0 spiro atoms. The summed E-state index contributed by atoms with van der Waals surface area (Å²) in [5.41, 5.74) is -0.277. The van der Waals surface area contributed by atoms with Crippen LogP contribution >= 0.6 is 11.6 Å². The fraction of sp³-hybridized carbons (Fsp3) is 0.333. The highest BCUT2D eigenvalue weighted by Crippen LogP contribution is 2.25. The molecule has 0 saturated heterocycles. The van der Waals surface area contributed by atoms with Crippen LogP contribution in [0.4, 0.5) is 4.39 Å². The van der Waals surface area contributed by atoms with E-state index in [0.717, 1.165) is 12.1 Å². The van der Waals surface area contributed by atoms with Gasteiger partial charge in [0.15, 0.2) is 11.6 Å². The molecule has 2 atom stereocenters. The fourth-order valence-electron chi connectivity index (χ4n) is 3.26. The third kappa shape index (κ3) is 7.68. The van der Waals surface area contributed by atoms with Crippen LogP contribution in [0.2, 0.25) is 5.02 Å². The van der Waals surface area contributed by atoms with Crippen LogP contribution in [-0.4, -0.2) is 51.2 Å². The second kappa shape index (κ2) is 11.7. The topological polar surface area (TPSA) is 153 Å². The summed E-state index contributed by atoms with van der Waals surface area (Å²) in [5, 5.41) is 32.9. The number of phenols is 1. The number of carboxylic acid groups (broad SMARTS) is 2. The summed E-state index contributed by atoms with van der Waals surface area (Å²) in [6, 6.07) is 7.11. The minimum absolute atomic E-state index is 0.225. The predicted octanol–water partition coefficient (Wildman–Crippen LogP) is 2.62. The lowest BCUT2D eigenvalue weighted by molar-refractivity contribution is -0.143. The molecule has 2 aromatic rings. The normalized spacial score (nSPS) is 12.9. The van der Waals surface area contributed by atoms with E-state index in [0.29, 0.717) is 10.6 Å². The monoisotopic (exact) mass is 508 g/mol. The molecule has 2 rings (SSSR count). The van der Waals surface area contributed by atoms with E-state index < -0.39 is 59.2 Å². The maximum Gasteiger partial charge on any atom is 0.326 e. The van der Waals surface area contributed by atoms with Gasteiger partial charge in [-0.3, -0.25) is 14.4 Å². The van der Waals surface area contributed by atoms with E-state index in [9.17, 15) is 33.8 Å². The van der Waals surface area contributed by atoms with Gasteiger partial charge in [-0.25, -0.2) is 9.18 Å². The van der Waals surface area contributed by atoms with Gasteiger partial charge in [-0.1, -0.05) is 29.8 Å². The van der Waals surface area contributed by atoms with Crippen LogP contribution in [0.3, 0.4) is 0 Å². The molecule has 35 heavy (non-hydrogen) atoms. The smallest absolute Gasteiger partial charge is 0.326 e. The van der Waals surface area contributed by atoms with Crippen molar-refractivity contribution in [2.45, 2.75) is 50.6 Å². The van der Waals surface area contributed by atoms with E-state index in [1.807, 2.05) is 0 Å². The zero-order valence-corrected chi connectivity index (χ0v) is 19.8. The molecule has 0 aliphatic carbocycles. The van der Waals surface area contributed by atoms with Crippen molar-refractivity contribution in [3.05, 3.63) is 64.4 Å². The highest BCUT2D eigenvalue weighted by Gasteiger charge is 2.34. The molecule has 0 saturated carbocycles. The van der Waals surface area contributed by atoms with Crippen molar-refractivity contribution < 1.29 is 38.9 Å². The molecule has 0 aromatic heterocycles. The standard InChI is InChI=1S/C24H26ClFN2O7/c1-24(2,14-4-6-15(25)7-5-14)23(35)28-18(12-13-3-9-19(29)16(26)11-13)21(32)27-17(22(33)34)8-10-20(30)31/h3-7,9,11,17-18,29H,8,10,12H2,1-2H3,(H,27,32)(H,28,35)(H,30,31)(H,33,34)/t17-,18+/m1/s1. The van der Waals surface area contributed by atoms with Crippen molar-refractivity contribution in [2.24, 2.45) is 0 Å². The van der Waals surface area contributed by atoms with Crippen LogP contribution in [0.25, 0.3) is 0 Å². The average molecular weight is 509 g/mol. The summed E-state index contributed by atoms with van der Waals surface area (Å²) >= 11 is 5.91. The van der Waals surface area contributed by atoms with Gasteiger partial charge in [-0.15, -0.1) is 0 Å². The van der Waals surface area contributed by atoms with E-state index in [4.69, 9.17) is 16.7 Å². The molecule has 0 heterocycles. The molecule has 2 amide bonds. The van der Waals surface area contributed by atoms with Gasteiger partial charge in [0.1, 0.15) is 12.1 Å². The maximum atomic E-state index is 13.8. The van der Waals surface area contributed by atoms with Crippen LogP contribution in [0.15, 0.2) is 42.5 Å². The number of aromatic hydroxyl groups is 1. The first-order valence-electron chi connectivity index (χ1n) is 10.6. The third-order valence-corrected chi connectivity index (χ3v) is 5.72. The van der Waals surface area contributed by atoms with Crippen molar-refractivity contribution >= 4 is 35.4 Å². The third-order valence-electron chi connectivity index (χ3n) is 5.47. The Hall–Kier alpha value is -3.66. The summed E-state index contributed by atoms with van der Waals surface area (Å²) < 4.78 is 13.8. The van der Waals surface area contributed by atoms with Crippen LogP contribution < -0.4 is 10.6 Å². The zero-order valence-electron chi connectivity index (χ0n) is 19.0. The van der Waals surface area contributed by atoms with E-state index >= 15 is 0 Å². The summed E-state index contributed by atoms with van der Waals surface area (Å²) in [6.45, 7) is 3.24. The molecular weight excluding hydrogens is 483 g/mol. The molecule has 9 nitrogen and oxygen atoms in total. The lowest BCUT2D eigenvalue weighted by atomic mass is 9.83. The van der Waals surface area contributed by atoms with Gasteiger partial charge in [0.2, 0.25) is 11.8 Å². The number of hydrogen-bond acceptors (Lipinski definition) is 5. The Balaban J connectivity index is 2.31. The Labute approximate surface area is 205 Å². The number of carbonyl (C=O) groups excluding carboxylic acids is 2. The Morgan fingerprint density at radius 3 is 2.17 bits per heavy atom. The van der Waals surface area contributed by atoms with Crippen molar-refractivity contribution in [1.82, 2.24) is 10.6 Å². The number of halogens is 2. The number of carboxylic acids is 2. The van der Waals surface area contributed by atoms with E-state index in [1.165, 1.54) is 6.07 Å². The van der Waals surface area contributed by atoms with Gasteiger partial charge in [0.25, 0.3) is 0 Å². The minimum atomic E-state index is -1.51. The fourth-order valence-corrected chi connectivity index (χ4v) is 3.38. The number of phenolic OH excluding ortho intramolecular Hbond substituents is 1. The zero-order chi connectivity index (χ0) is 26.3. The molecule has 188 valence electrons. The van der Waals surface area contributed by atoms with Gasteiger partial charge >= 0.3 is 11.9 Å². The molecule has 2 aromatic carbocycles. The Kier molecular flexibility index (Phi) is 9.18. The minimum Gasteiger partial charge on any atom is -0.505 e. The Morgan fingerprint density at radius 1 is 1.00 bits per heavy atom. The van der Waals surface area contributed by atoms with E-state index in [1.54, 1.807) is 38.1 Å². The predicted molar refractivity (Wildman–Crippen MR) is 125 cm³/mol. The molecule has 11 heteroatoms. The number of amides is 2. The first-order chi connectivity index (χ1) is 16.3. The largest absolute Gasteiger partial charge is 0.505 e. The summed E-state index contributed by atoms with van der Waals surface area (Å²) in [7, 11) is 0. The highest BCUT2D eigenvalue weighted by molar-refractivity contribution is 6.30. The quantitative estimate of drug-likeness (QED) is 0.312. The Bertz CT molecular complexity index is 1110. The Morgan fingerprint density at radius 2 is 1.63 bits per heavy atom. The van der Waals surface area contributed by atoms with Gasteiger partial charge in [-0.2, -0.15) is 0 Å². The average Bonchev–Trinajstić information content (AvgIpc) is 2.78. The molecule has 0 bridgehead atoms. The van der Waals surface area contributed by atoms with Crippen LogP contribution in [0.1, 0.15) is 37.8 Å². The van der Waals surface area contributed by atoms with Gasteiger partial charge in [-0.05, 0) is 55.7 Å². The van der Waals surface area contributed by atoms with Crippen molar-refractivity contribution in [2.75, 3.05) is 0 Å². The first-order valence-corrected chi connectivity index (χ1v) is 11.0. The second-order valence-corrected chi connectivity index (χ2v) is 8.92. The molecule has 0 unspecified atom stereocenters. The SMILES string of the molecule is CC(C)(C(=O)N[C@@H](Cc1ccc(O)c(F)c1)C(=O)N[C@H](CCC(=O)O)C(=O)O)c1ccc(Cl)cc1. The molecule has 0 aliphatic heterocycles. The summed E-state index contributed by atoms with van der Waals surface area (Å²) in [5.74, 6) is -5.67. The lowest BCUT2D eigenvalue weighted by Gasteiger charge is -2.28. The number of aliphatic carboxylic acids is 2. The van der Waals surface area contributed by atoms with Crippen LogP contribution in [0, 0.1) is 5.82 Å². The summed E-state index contributed by atoms with van der Waals surface area (Å²) in [4.78, 5) is 48.5. The van der Waals surface area contributed by atoms with E-state index in [-0.39, 0.29) is 18.4 Å². The van der Waals surface area contributed by atoms with Crippen molar-refractivity contribution in [1.29, 1.82) is 0 Å². The number of rotatable bonds is 11. The number of benzene rings is 2. The van der Waals surface area contributed by atoms with Gasteiger partial charge in [0.05, 0.1) is 5.41 Å². The van der Waals surface area contributed by atoms with E-state index in [2.05, 4.69) is 10.6 Å². The number of carbonyl (C=O) groups is 4. The first kappa shape index (κ1) is 27.6. The van der Waals surface area contributed by atoms with Crippen molar-refractivity contribution in [3.63, 3.8) is 0 Å². The van der Waals surface area contributed by atoms with Crippen LogP contribution in [0.5, 0.6) is 5.75 Å². The van der Waals surface area contributed by atoms with Crippen molar-refractivity contribution in [3.8, 4) is 5.75 Å². The van der Waals surface area contributed by atoms with Crippen LogP contribution in [-0.2, 0) is 31.0 Å². The molecule has 0 radical (unpaired) electrons. The lowest BCUT2D eigenvalue weighted by Crippen LogP contribution is -2.55. The molecular formula is C24H26ClFN2O7. The van der Waals surface area contributed by atoms with Gasteiger partial charge < -0.3 is 26.0 Å². The molecule has 0 aliphatic rings. The second-order valence-electron chi connectivity index (χ2n) is 8.48. The number of hydrogen-bond donors (Lipinski definition) is 5. The molecule has 5 N–H and O–H groups in total. The number of nitrogens with one attached hydrogen (secondary N) is 2. The maximum absolute atomic E-state index is 13.8. The van der Waals surface area contributed by atoms with Gasteiger partial charge in [0, 0.05) is 17.9 Å². The summed E-state index contributed by atoms with van der Waals surface area (Å²) in [6.07, 6.45) is -1.10. The highest BCUT2D eigenvalue weighted by atomic mass is 35.5. The molecule has 0 fully saturated rings.